The van der Waals surface area contributed by atoms with Gasteiger partial charge >= 0.3 is 12.0 Å². The lowest BCUT2D eigenvalue weighted by Crippen LogP contribution is -2.52. The molecule has 20 heavy (non-hydrogen) atoms. The molecule has 1 atom stereocenters. The summed E-state index contributed by atoms with van der Waals surface area (Å²) in [5.41, 5.74) is -1.10. The quantitative estimate of drug-likeness (QED) is 0.806. The number of urea groups is 1. The second-order valence-corrected chi connectivity index (χ2v) is 6.46. The first-order valence-corrected chi connectivity index (χ1v) is 7.09. The summed E-state index contributed by atoms with van der Waals surface area (Å²) in [6.45, 7) is 12.7. The Labute approximate surface area is 121 Å². The van der Waals surface area contributed by atoms with Gasteiger partial charge in [0.25, 0.3) is 0 Å². The summed E-state index contributed by atoms with van der Waals surface area (Å²) in [5, 5.41) is 9.40. The predicted octanol–water partition coefficient (Wildman–Crippen LogP) is 2.58. The summed E-state index contributed by atoms with van der Waals surface area (Å²) < 4.78 is 0. The standard InChI is InChI=1S/C15H26N2O3/c1-6-9-17(14(3,4)5)13(20)16-10-8-15(7-2,11-16)12(18)19/h6H,1,7-11H2,2-5H3,(H,18,19). The van der Waals surface area contributed by atoms with Gasteiger partial charge in [-0.15, -0.1) is 6.58 Å². The van der Waals surface area contributed by atoms with Gasteiger partial charge in [0.2, 0.25) is 0 Å². The van der Waals surface area contributed by atoms with E-state index in [1.54, 1.807) is 15.9 Å². The number of nitrogens with zero attached hydrogens (tertiary/aromatic N) is 2. The second-order valence-electron chi connectivity index (χ2n) is 6.46. The zero-order chi connectivity index (χ0) is 15.6. The Bertz CT molecular complexity index is 400. The summed E-state index contributed by atoms with van der Waals surface area (Å²) in [6, 6.07) is -0.103. The largest absolute Gasteiger partial charge is 0.481 e. The van der Waals surface area contributed by atoms with Crippen LogP contribution in [0.15, 0.2) is 12.7 Å². The molecule has 1 rings (SSSR count). The van der Waals surface area contributed by atoms with Crippen molar-refractivity contribution in [1.29, 1.82) is 0 Å². The maximum atomic E-state index is 12.6. The third kappa shape index (κ3) is 3.14. The number of aliphatic carboxylic acids is 1. The van der Waals surface area contributed by atoms with E-state index in [4.69, 9.17) is 0 Å². The number of rotatable bonds is 4. The minimum absolute atomic E-state index is 0.103. The lowest BCUT2D eigenvalue weighted by Gasteiger charge is -2.38. The summed E-state index contributed by atoms with van der Waals surface area (Å²) in [7, 11) is 0. The zero-order valence-corrected chi connectivity index (χ0v) is 13.0. The van der Waals surface area contributed by atoms with Crippen LogP contribution < -0.4 is 0 Å². The van der Waals surface area contributed by atoms with Crippen molar-refractivity contribution in [3.8, 4) is 0 Å². The van der Waals surface area contributed by atoms with Crippen molar-refractivity contribution in [2.45, 2.75) is 46.1 Å². The number of carboxylic acids is 1. The highest BCUT2D eigenvalue weighted by Crippen LogP contribution is 2.35. The van der Waals surface area contributed by atoms with E-state index in [1.807, 2.05) is 27.7 Å². The molecule has 0 saturated carbocycles. The van der Waals surface area contributed by atoms with Crippen LogP contribution in [-0.4, -0.2) is 52.1 Å². The van der Waals surface area contributed by atoms with Crippen molar-refractivity contribution in [1.82, 2.24) is 9.80 Å². The van der Waals surface area contributed by atoms with Crippen LogP contribution in [0.5, 0.6) is 0 Å². The fraction of sp³-hybridized carbons (Fsp3) is 0.733. The topological polar surface area (TPSA) is 60.9 Å². The Morgan fingerprint density at radius 1 is 1.45 bits per heavy atom. The van der Waals surface area contributed by atoms with Gasteiger partial charge in [0.05, 0.1) is 5.41 Å². The Kier molecular flexibility index (Phi) is 4.84. The number of hydrogen-bond donors (Lipinski definition) is 1. The van der Waals surface area contributed by atoms with Gasteiger partial charge in [-0.3, -0.25) is 4.79 Å². The number of carboxylic acid groups (broad SMARTS) is 1. The first-order chi connectivity index (χ1) is 9.18. The number of amides is 2. The smallest absolute Gasteiger partial charge is 0.320 e. The fourth-order valence-corrected chi connectivity index (χ4v) is 2.59. The molecular weight excluding hydrogens is 256 g/mol. The molecule has 1 saturated heterocycles. The van der Waals surface area contributed by atoms with Crippen LogP contribution in [-0.2, 0) is 4.79 Å². The van der Waals surface area contributed by atoms with E-state index in [9.17, 15) is 14.7 Å². The molecule has 2 amide bonds. The molecule has 1 aliphatic rings. The van der Waals surface area contributed by atoms with E-state index < -0.39 is 11.4 Å². The first-order valence-electron chi connectivity index (χ1n) is 7.09. The number of carbonyl (C=O) groups excluding carboxylic acids is 1. The molecule has 0 aliphatic carbocycles. The molecule has 0 aromatic heterocycles. The van der Waals surface area contributed by atoms with Crippen LogP contribution in [0.4, 0.5) is 4.79 Å². The summed E-state index contributed by atoms with van der Waals surface area (Å²) >= 11 is 0. The monoisotopic (exact) mass is 282 g/mol. The summed E-state index contributed by atoms with van der Waals surface area (Å²) in [5.74, 6) is -0.804. The van der Waals surface area contributed by atoms with Gasteiger partial charge in [-0.05, 0) is 33.6 Å². The molecule has 1 heterocycles. The average Bonchev–Trinajstić information content (AvgIpc) is 2.79. The van der Waals surface area contributed by atoms with Gasteiger partial charge in [0, 0.05) is 25.2 Å². The highest BCUT2D eigenvalue weighted by atomic mass is 16.4. The van der Waals surface area contributed by atoms with Gasteiger partial charge < -0.3 is 14.9 Å². The highest BCUT2D eigenvalue weighted by Gasteiger charge is 2.46. The van der Waals surface area contributed by atoms with Crippen LogP contribution in [0, 0.1) is 5.41 Å². The molecule has 114 valence electrons. The molecule has 0 bridgehead atoms. The maximum Gasteiger partial charge on any atom is 0.320 e. The van der Waals surface area contributed by atoms with Crippen molar-refractivity contribution in [3.63, 3.8) is 0 Å². The maximum absolute atomic E-state index is 12.6. The molecule has 1 N–H and O–H groups in total. The van der Waals surface area contributed by atoms with Crippen molar-refractivity contribution in [2.24, 2.45) is 5.41 Å². The number of hydrogen-bond acceptors (Lipinski definition) is 2. The Morgan fingerprint density at radius 3 is 2.40 bits per heavy atom. The van der Waals surface area contributed by atoms with E-state index in [2.05, 4.69) is 6.58 Å². The van der Waals surface area contributed by atoms with Crippen molar-refractivity contribution in [2.75, 3.05) is 19.6 Å². The van der Waals surface area contributed by atoms with Crippen LogP contribution in [0.1, 0.15) is 40.5 Å². The second kappa shape index (κ2) is 5.85. The molecule has 5 nitrogen and oxygen atoms in total. The Morgan fingerprint density at radius 2 is 2.05 bits per heavy atom. The van der Waals surface area contributed by atoms with Crippen molar-refractivity contribution in [3.05, 3.63) is 12.7 Å². The molecular formula is C15H26N2O3. The van der Waals surface area contributed by atoms with E-state index in [1.165, 1.54) is 0 Å². The van der Waals surface area contributed by atoms with E-state index in [0.29, 0.717) is 32.5 Å². The van der Waals surface area contributed by atoms with Gasteiger partial charge in [-0.2, -0.15) is 0 Å². The van der Waals surface area contributed by atoms with E-state index in [-0.39, 0.29) is 11.6 Å². The summed E-state index contributed by atoms with van der Waals surface area (Å²) in [6.07, 6.45) is 2.77. The van der Waals surface area contributed by atoms with Crippen LogP contribution >= 0.6 is 0 Å². The molecule has 0 aromatic carbocycles. The van der Waals surface area contributed by atoms with Crippen LogP contribution in [0.25, 0.3) is 0 Å². The zero-order valence-electron chi connectivity index (χ0n) is 13.0. The third-order valence-corrected chi connectivity index (χ3v) is 4.11. The predicted molar refractivity (Wildman–Crippen MR) is 78.6 cm³/mol. The minimum Gasteiger partial charge on any atom is -0.481 e. The highest BCUT2D eigenvalue weighted by molar-refractivity contribution is 5.80. The fourth-order valence-electron chi connectivity index (χ4n) is 2.59. The number of carbonyl (C=O) groups is 2. The minimum atomic E-state index is -0.804. The molecule has 0 aromatic rings. The number of likely N-dealkylation sites (tertiary alicyclic amines) is 1. The van der Waals surface area contributed by atoms with Gasteiger partial charge in [0.1, 0.15) is 0 Å². The van der Waals surface area contributed by atoms with Gasteiger partial charge in [0.15, 0.2) is 0 Å². The lowest BCUT2D eigenvalue weighted by atomic mass is 9.84. The SMILES string of the molecule is C=CCN(C(=O)N1CCC(CC)(C(=O)O)C1)C(C)(C)C. The van der Waals surface area contributed by atoms with Crippen LogP contribution in [0.2, 0.25) is 0 Å². The van der Waals surface area contributed by atoms with E-state index >= 15 is 0 Å². The molecule has 1 fully saturated rings. The summed E-state index contributed by atoms with van der Waals surface area (Å²) in [4.78, 5) is 27.5. The lowest BCUT2D eigenvalue weighted by molar-refractivity contribution is -0.148. The first kappa shape index (κ1) is 16.5. The van der Waals surface area contributed by atoms with Gasteiger partial charge in [-0.25, -0.2) is 4.79 Å². The molecule has 1 unspecified atom stereocenters. The average molecular weight is 282 g/mol. The van der Waals surface area contributed by atoms with Crippen molar-refractivity contribution >= 4 is 12.0 Å². The third-order valence-electron chi connectivity index (χ3n) is 4.11. The Hall–Kier alpha value is -1.52. The van der Waals surface area contributed by atoms with Crippen LogP contribution in [0.3, 0.4) is 0 Å². The molecule has 0 radical (unpaired) electrons. The molecule has 0 spiro atoms. The van der Waals surface area contributed by atoms with Crippen molar-refractivity contribution < 1.29 is 14.7 Å². The molecule has 5 heteroatoms. The van der Waals surface area contributed by atoms with E-state index in [0.717, 1.165) is 0 Å². The Balaban J connectivity index is 2.88. The molecule has 1 aliphatic heterocycles. The normalized spacial score (nSPS) is 22.7. The van der Waals surface area contributed by atoms with Gasteiger partial charge in [-0.1, -0.05) is 13.0 Å².